The Balaban J connectivity index is 1.95. The SMILES string of the molecule is Oc1ccc(N=Nc2cc(-c3ccccc3)ccc2O)c(O)c1. The fourth-order valence-corrected chi connectivity index (χ4v) is 2.12. The lowest BCUT2D eigenvalue weighted by atomic mass is 10.1. The van der Waals surface area contributed by atoms with Crippen molar-refractivity contribution >= 4 is 11.4 Å². The summed E-state index contributed by atoms with van der Waals surface area (Å²) in [4.78, 5) is 0. The molecular formula is C18H14N2O3. The van der Waals surface area contributed by atoms with Gasteiger partial charge in [-0.1, -0.05) is 36.4 Å². The van der Waals surface area contributed by atoms with Crippen LogP contribution in [-0.4, -0.2) is 15.3 Å². The highest BCUT2D eigenvalue weighted by atomic mass is 16.3. The predicted octanol–water partition coefficient (Wildman–Crippen LogP) is 4.89. The van der Waals surface area contributed by atoms with Crippen LogP contribution in [0.2, 0.25) is 0 Å². The van der Waals surface area contributed by atoms with E-state index in [-0.39, 0.29) is 22.9 Å². The maximum Gasteiger partial charge on any atom is 0.146 e. The maximum atomic E-state index is 9.92. The molecule has 0 aliphatic rings. The van der Waals surface area contributed by atoms with Crippen LogP contribution in [0, 0.1) is 0 Å². The van der Waals surface area contributed by atoms with Crippen LogP contribution in [0.15, 0.2) is 77.0 Å². The summed E-state index contributed by atoms with van der Waals surface area (Å²) in [5, 5.41) is 36.8. The number of nitrogens with zero attached hydrogens (tertiary/aromatic N) is 2. The molecule has 0 spiro atoms. The molecule has 3 rings (SSSR count). The van der Waals surface area contributed by atoms with Crippen LogP contribution in [0.5, 0.6) is 17.2 Å². The van der Waals surface area contributed by atoms with Gasteiger partial charge in [0.05, 0.1) is 0 Å². The van der Waals surface area contributed by atoms with Gasteiger partial charge in [-0.2, -0.15) is 0 Å². The van der Waals surface area contributed by atoms with Crippen molar-refractivity contribution in [3.8, 4) is 28.4 Å². The highest BCUT2D eigenvalue weighted by molar-refractivity contribution is 5.70. The van der Waals surface area contributed by atoms with Crippen molar-refractivity contribution in [2.75, 3.05) is 0 Å². The fourth-order valence-electron chi connectivity index (χ4n) is 2.12. The third-order valence-corrected chi connectivity index (χ3v) is 3.31. The fraction of sp³-hybridized carbons (Fsp3) is 0. The smallest absolute Gasteiger partial charge is 0.146 e. The summed E-state index contributed by atoms with van der Waals surface area (Å²) >= 11 is 0. The van der Waals surface area contributed by atoms with Crippen molar-refractivity contribution in [1.82, 2.24) is 0 Å². The predicted molar refractivity (Wildman–Crippen MR) is 87.5 cm³/mol. The average molecular weight is 306 g/mol. The van der Waals surface area contributed by atoms with Gasteiger partial charge in [-0.3, -0.25) is 0 Å². The molecule has 0 aliphatic heterocycles. The zero-order valence-corrected chi connectivity index (χ0v) is 12.1. The van der Waals surface area contributed by atoms with E-state index in [0.29, 0.717) is 5.69 Å². The van der Waals surface area contributed by atoms with Crippen LogP contribution < -0.4 is 0 Å². The normalized spacial score (nSPS) is 11.0. The molecule has 5 heteroatoms. The van der Waals surface area contributed by atoms with Gasteiger partial charge in [-0.05, 0) is 35.4 Å². The first-order chi connectivity index (χ1) is 11.1. The first-order valence-corrected chi connectivity index (χ1v) is 6.95. The van der Waals surface area contributed by atoms with Crippen molar-refractivity contribution in [1.29, 1.82) is 0 Å². The Kier molecular flexibility index (Phi) is 3.93. The summed E-state index contributed by atoms with van der Waals surface area (Å²) in [6, 6.07) is 18.8. The summed E-state index contributed by atoms with van der Waals surface area (Å²) in [5.74, 6) is -0.255. The van der Waals surface area contributed by atoms with Crippen molar-refractivity contribution < 1.29 is 15.3 Å². The molecule has 23 heavy (non-hydrogen) atoms. The molecule has 5 nitrogen and oxygen atoms in total. The zero-order valence-electron chi connectivity index (χ0n) is 12.1. The first kappa shape index (κ1) is 14.6. The van der Waals surface area contributed by atoms with Gasteiger partial charge in [-0.15, -0.1) is 10.2 Å². The van der Waals surface area contributed by atoms with Gasteiger partial charge in [0.15, 0.2) is 0 Å². The van der Waals surface area contributed by atoms with Crippen LogP contribution in [0.3, 0.4) is 0 Å². The lowest BCUT2D eigenvalue weighted by molar-refractivity contribution is 0.451. The first-order valence-electron chi connectivity index (χ1n) is 6.95. The Morgan fingerprint density at radius 3 is 2.04 bits per heavy atom. The van der Waals surface area contributed by atoms with Crippen LogP contribution >= 0.6 is 0 Å². The van der Waals surface area contributed by atoms with Crippen LogP contribution in [0.1, 0.15) is 0 Å². The lowest BCUT2D eigenvalue weighted by Crippen LogP contribution is -1.77. The van der Waals surface area contributed by atoms with E-state index in [9.17, 15) is 15.3 Å². The van der Waals surface area contributed by atoms with Crippen molar-refractivity contribution in [2.24, 2.45) is 10.2 Å². The summed E-state index contributed by atoms with van der Waals surface area (Å²) in [5.41, 5.74) is 2.38. The minimum atomic E-state index is -0.188. The van der Waals surface area contributed by atoms with E-state index in [0.717, 1.165) is 11.1 Å². The molecule has 0 heterocycles. The van der Waals surface area contributed by atoms with Gasteiger partial charge >= 0.3 is 0 Å². The molecule has 0 fully saturated rings. The number of hydrogen-bond acceptors (Lipinski definition) is 5. The Morgan fingerprint density at radius 1 is 0.565 bits per heavy atom. The second kappa shape index (κ2) is 6.19. The largest absolute Gasteiger partial charge is 0.508 e. The maximum absolute atomic E-state index is 9.92. The Hall–Kier alpha value is -3.34. The molecule has 114 valence electrons. The number of benzene rings is 3. The monoisotopic (exact) mass is 306 g/mol. The van der Waals surface area contributed by atoms with Crippen molar-refractivity contribution in [2.45, 2.75) is 0 Å². The topological polar surface area (TPSA) is 85.4 Å². The van der Waals surface area contributed by atoms with E-state index in [1.165, 1.54) is 18.2 Å². The molecule has 0 aliphatic carbocycles. The van der Waals surface area contributed by atoms with Crippen LogP contribution in [0.25, 0.3) is 11.1 Å². The van der Waals surface area contributed by atoms with E-state index in [2.05, 4.69) is 10.2 Å². The van der Waals surface area contributed by atoms with Gasteiger partial charge in [-0.25, -0.2) is 0 Å². The molecule has 0 unspecified atom stereocenters. The molecule has 0 aromatic heterocycles. The summed E-state index contributed by atoms with van der Waals surface area (Å²) in [6.45, 7) is 0. The summed E-state index contributed by atoms with van der Waals surface area (Å²) in [6.07, 6.45) is 0. The van der Waals surface area contributed by atoms with E-state index in [4.69, 9.17) is 0 Å². The second-order valence-electron chi connectivity index (χ2n) is 4.94. The van der Waals surface area contributed by atoms with Crippen LogP contribution in [-0.2, 0) is 0 Å². The van der Waals surface area contributed by atoms with Crippen LogP contribution in [0.4, 0.5) is 11.4 Å². The number of azo groups is 1. The molecule has 0 saturated carbocycles. The Bertz CT molecular complexity index is 861. The van der Waals surface area contributed by atoms with Gasteiger partial charge in [0.25, 0.3) is 0 Å². The average Bonchev–Trinajstić information content (AvgIpc) is 2.56. The van der Waals surface area contributed by atoms with E-state index in [1.54, 1.807) is 18.2 Å². The molecule has 0 bridgehead atoms. The molecular weight excluding hydrogens is 292 g/mol. The minimum absolute atomic E-state index is 0.00769. The summed E-state index contributed by atoms with van der Waals surface area (Å²) in [7, 11) is 0. The number of aromatic hydroxyl groups is 3. The molecule has 3 N–H and O–H groups in total. The standard InChI is InChI=1S/C18H14N2O3/c21-14-7-8-15(18(23)11-14)19-20-16-10-13(6-9-17(16)22)12-4-2-1-3-5-12/h1-11,21-23H. The Morgan fingerprint density at radius 2 is 1.30 bits per heavy atom. The third-order valence-electron chi connectivity index (χ3n) is 3.31. The zero-order chi connectivity index (χ0) is 16.2. The van der Waals surface area contributed by atoms with Gasteiger partial charge in [0.2, 0.25) is 0 Å². The molecule has 0 atom stereocenters. The molecule has 0 radical (unpaired) electrons. The minimum Gasteiger partial charge on any atom is -0.508 e. The Labute approximate surface area is 132 Å². The van der Waals surface area contributed by atoms with Gasteiger partial charge in [0, 0.05) is 6.07 Å². The van der Waals surface area contributed by atoms with Gasteiger partial charge < -0.3 is 15.3 Å². The van der Waals surface area contributed by atoms with E-state index < -0.39 is 0 Å². The highest BCUT2D eigenvalue weighted by Gasteiger charge is 2.05. The number of hydrogen-bond donors (Lipinski definition) is 3. The lowest BCUT2D eigenvalue weighted by Gasteiger charge is -2.04. The quantitative estimate of drug-likeness (QED) is 0.602. The number of phenolic OH excluding ortho intramolecular Hbond substituents is 3. The van der Waals surface area contributed by atoms with E-state index >= 15 is 0 Å². The summed E-state index contributed by atoms with van der Waals surface area (Å²) < 4.78 is 0. The van der Waals surface area contributed by atoms with Crippen molar-refractivity contribution in [3.05, 3.63) is 66.7 Å². The van der Waals surface area contributed by atoms with Crippen molar-refractivity contribution in [3.63, 3.8) is 0 Å². The van der Waals surface area contributed by atoms with Gasteiger partial charge in [0.1, 0.15) is 28.6 Å². The number of rotatable bonds is 3. The van der Waals surface area contributed by atoms with E-state index in [1.807, 2.05) is 30.3 Å². The molecule has 3 aromatic carbocycles. The third kappa shape index (κ3) is 3.29. The molecule has 0 amide bonds. The second-order valence-corrected chi connectivity index (χ2v) is 4.94. The molecule has 0 saturated heterocycles. The number of phenols is 3. The molecule has 3 aromatic rings. The highest BCUT2D eigenvalue weighted by Crippen LogP contribution is 2.35.